The van der Waals surface area contributed by atoms with Crippen LogP contribution in [0.25, 0.3) is 0 Å². The van der Waals surface area contributed by atoms with Gasteiger partial charge in [-0.3, -0.25) is 0 Å². The van der Waals surface area contributed by atoms with E-state index < -0.39 is 0 Å². The lowest BCUT2D eigenvalue weighted by Crippen LogP contribution is -2.07. The SMILES string of the molecule is CCCOCOCCOCO. The molecule has 0 unspecified atom stereocenters. The Morgan fingerprint density at radius 1 is 1.00 bits per heavy atom. The molecular formula is C7H16O4. The van der Waals surface area contributed by atoms with E-state index in [-0.39, 0.29) is 6.79 Å². The topological polar surface area (TPSA) is 47.9 Å². The minimum Gasteiger partial charge on any atom is -0.371 e. The number of ether oxygens (including phenoxy) is 3. The standard InChI is InChI=1S/C7H16O4/c1-2-3-10-7-11-5-4-9-6-8/h8H,2-7H2,1H3. The van der Waals surface area contributed by atoms with Crippen LogP contribution >= 0.6 is 0 Å². The van der Waals surface area contributed by atoms with E-state index in [4.69, 9.17) is 14.6 Å². The maximum absolute atomic E-state index is 8.20. The lowest BCUT2D eigenvalue weighted by molar-refractivity contribution is -0.0846. The molecule has 0 aromatic heterocycles. The third-order valence-corrected chi connectivity index (χ3v) is 0.978. The molecule has 0 amide bonds. The van der Waals surface area contributed by atoms with Crippen LogP contribution in [0.2, 0.25) is 0 Å². The zero-order chi connectivity index (χ0) is 8.36. The Labute approximate surface area is 67.1 Å². The summed E-state index contributed by atoms with van der Waals surface area (Å²) in [4.78, 5) is 0. The molecule has 0 aliphatic rings. The molecular weight excluding hydrogens is 148 g/mol. The number of aliphatic hydroxyl groups excluding tert-OH is 1. The van der Waals surface area contributed by atoms with Gasteiger partial charge in [-0.05, 0) is 6.42 Å². The van der Waals surface area contributed by atoms with Crippen LogP contribution in [-0.2, 0) is 14.2 Å². The summed E-state index contributed by atoms with van der Waals surface area (Å²) in [5.41, 5.74) is 0. The van der Waals surface area contributed by atoms with Gasteiger partial charge in [-0.25, -0.2) is 0 Å². The van der Waals surface area contributed by atoms with Crippen molar-refractivity contribution in [1.82, 2.24) is 0 Å². The lowest BCUT2D eigenvalue weighted by Gasteiger charge is -2.03. The molecule has 0 aromatic rings. The van der Waals surface area contributed by atoms with E-state index in [1.54, 1.807) is 0 Å². The van der Waals surface area contributed by atoms with Crippen LogP contribution in [0.15, 0.2) is 0 Å². The van der Waals surface area contributed by atoms with Crippen molar-refractivity contribution in [2.24, 2.45) is 0 Å². The minimum absolute atomic E-state index is 0.251. The monoisotopic (exact) mass is 164 g/mol. The van der Waals surface area contributed by atoms with E-state index >= 15 is 0 Å². The summed E-state index contributed by atoms with van der Waals surface area (Å²) in [6.07, 6.45) is 0.997. The molecule has 0 rings (SSSR count). The number of hydrogen-bond donors (Lipinski definition) is 1. The Kier molecular flexibility index (Phi) is 9.70. The average molecular weight is 164 g/mol. The molecule has 68 valence electrons. The maximum atomic E-state index is 8.20. The molecule has 0 bridgehead atoms. The molecule has 0 fully saturated rings. The highest BCUT2D eigenvalue weighted by atomic mass is 16.7. The fourth-order valence-corrected chi connectivity index (χ4v) is 0.504. The van der Waals surface area contributed by atoms with Gasteiger partial charge in [0.1, 0.15) is 13.6 Å². The Morgan fingerprint density at radius 2 is 1.64 bits per heavy atom. The van der Waals surface area contributed by atoms with E-state index in [1.807, 2.05) is 6.92 Å². The molecule has 0 heterocycles. The van der Waals surface area contributed by atoms with E-state index in [0.29, 0.717) is 20.0 Å². The van der Waals surface area contributed by atoms with Gasteiger partial charge in [-0.15, -0.1) is 0 Å². The molecule has 4 nitrogen and oxygen atoms in total. The van der Waals surface area contributed by atoms with Crippen LogP contribution in [0.3, 0.4) is 0 Å². The van der Waals surface area contributed by atoms with E-state index in [0.717, 1.165) is 13.0 Å². The van der Waals surface area contributed by atoms with Crippen molar-refractivity contribution in [2.75, 3.05) is 33.4 Å². The summed E-state index contributed by atoms with van der Waals surface area (Å²) in [6.45, 7) is 3.69. The van der Waals surface area contributed by atoms with Gasteiger partial charge in [0.2, 0.25) is 0 Å². The van der Waals surface area contributed by atoms with Gasteiger partial charge < -0.3 is 19.3 Å². The van der Waals surface area contributed by atoms with E-state index in [2.05, 4.69) is 4.74 Å². The van der Waals surface area contributed by atoms with Crippen LogP contribution in [0.4, 0.5) is 0 Å². The first-order valence-corrected chi connectivity index (χ1v) is 3.76. The zero-order valence-corrected chi connectivity index (χ0v) is 6.91. The van der Waals surface area contributed by atoms with Crippen molar-refractivity contribution in [3.05, 3.63) is 0 Å². The van der Waals surface area contributed by atoms with Gasteiger partial charge in [-0.1, -0.05) is 6.92 Å². The van der Waals surface area contributed by atoms with Crippen LogP contribution in [0, 0.1) is 0 Å². The Balaban J connectivity index is 2.69. The summed E-state index contributed by atoms with van der Waals surface area (Å²) in [6, 6.07) is 0. The van der Waals surface area contributed by atoms with Crippen molar-refractivity contribution in [3.63, 3.8) is 0 Å². The Hall–Kier alpha value is -0.160. The van der Waals surface area contributed by atoms with Gasteiger partial charge >= 0.3 is 0 Å². The quantitative estimate of drug-likeness (QED) is 0.415. The van der Waals surface area contributed by atoms with E-state index in [9.17, 15) is 0 Å². The highest BCUT2D eigenvalue weighted by Gasteiger charge is 1.87. The fourth-order valence-electron chi connectivity index (χ4n) is 0.504. The first kappa shape index (κ1) is 10.8. The molecule has 0 radical (unpaired) electrons. The van der Waals surface area contributed by atoms with Crippen molar-refractivity contribution in [1.29, 1.82) is 0 Å². The second kappa shape index (κ2) is 9.84. The predicted octanol–water partition coefficient (Wildman–Crippen LogP) is 0.353. The third-order valence-electron chi connectivity index (χ3n) is 0.978. The first-order valence-electron chi connectivity index (χ1n) is 3.76. The van der Waals surface area contributed by atoms with Crippen molar-refractivity contribution < 1.29 is 19.3 Å². The fraction of sp³-hybridized carbons (Fsp3) is 1.00. The Morgan fingerprint density at radius 3 is 2.27 bits per heavy atom. The van der Waals surface area contributed by atoms with Gasteiger partial charge in [0, 0.05) is 6.61 Å². The molecule has 4 heteroatoms. The van der Waals surface area contributed by atoms with E-state index in [1.165, 1.54) is 0 Å². The highest BCUT2D eigenvalue weighted by molar-refractivity contribution is 4.24. The normalized spacial score (nSPS) is 10.4. The predicted molar refractivity (Wildman–Crippen MR) is 40.1 cm³/mol. The molecule has 11 heavy (non-hydrogen) atoms. The second-order valence-corrected chi connectivity index (χ2v) is 1.97. The molecule has 0 saturated heterocycles. The van der Waals surface area contributed by atoms with Crippen LogP contribution in [-0.4, -0.2) is 38.5 Å². The first-order chi connectivity index (χ1) is 5.41. The lowest BCUT2D eigenvalue weighted by atomic mass is 10.5. The third kappa shape index (κ3) is 9.84. The average Bonchev–Trinajstić information content (AvgIpc) is 2.03. The summed E-state index contributed by atoms with van der Waals surface area (Å²) in [5, 5.41) is 8.20. The molecule has 0 saturated carbocycles. The number of aliphatic hydroxyl groups is 1. The summed E-state index contributed by atoms with van der Waals surface area (Å²) in [7, 11) is 0. The molecule has 0 aromatic carbocycles. The second-order valence-electron chi connectivity index (χ2n) is 1.97. The van der Waals surface area contributed by atoms with Gasteiger partial charge in [0.25, 0.3) is 0 Å². The zero-order valence-electron chi connectivity index (χ0n) is 6.91. The van der Waals surface area contributed by atoms with Crippen LogP contribution < -0.4 is 0 Å². The van der Waals surface area contributed by atoms with Gasteiger partial charge in [-0.2, -0.15) is 0 Å². The van der Waals surface area contributed by atoms with Crippen molar-refractivity contribution in [3.8, 4) is 0 Å². The molecule has 1 N–H and O–H groups in total. The van der Waals surface area contributed by atoms with Crippen molar-refractivity contribution in [2.45, 2.75) is 13.3 Å². The summed E-state index contributed by atoms with van der Waals surface area (Å²) in [5.74, 6) is 0. The minimum atomic E-state index is -0.251. The highest BCUT2D eigenvalue weighted by Crippen LogP contribution is 1.82. The number of rotatable bonds is 8. The van der Waals surface area contributed by atoms with Gasteiger partial charge in [0.05, 0.1) is 13.2 Å². The van der Waals surface area contributed by atoms with Gasteiger partial charge in [0.15, 0.2) is 0 Å². The summed E-state index contributed by atoms with van der Waals surface area (Å²) >= 11 is 0. The summed E-state index contributed by atoms with van der Waals surface area (Å²) < 4.78 is 14.6. The molecule has 0 aliphatic heterocycles. The molecule has 0 atom stereocenters. The molecule has 0 spiro atoms. The van der Waals surface area contributed by atoms with Crippen molar-refractivity contribution >= 4 is 0 Å². The Bertz CT molecular complexity index is 59.5. The molecule has 0 aliphatic carbocycles. The maximum Gasteiger partial charge on any atom is 0.146 e. The number of hydrogen-bond acceptors (Lipinski definition) is 4. The smallest absolute Gasteiger partial charge is 0.146 e. The van der Waals surface area contributed by atoms with Crippen LogP contribution in [0.1, 0.15) is 13.3 Å². The largest absolute Gasteiger partial charge is 0.371 e. The van der Waals surface area contributed by atoms with Crippen LogP contribution in [0.5, 0.6) is 0 Å².